The second kappa shape index (κ2) is 9.06. The second-order valence-corrected chi connectivity index (χ2v) is 5.25. The largest absolute Gasteiger partial charge is 0.497 e. The smallest absolute Gasteiger partial charge is 0.165 e. The summed E-state index contributed by atoms with van der Waals surface area (Å²) in [6.45, 7) is 4.29. The zero-order chi connectivity index (χ0) is 16.5. The predicted molar refractivity (Wildman–Crippen MR) is 92.3 cm³/mol. The Kier molecular flexibility index (Phi) is 6.76. The van der Waals surface area contributed by atoms with E-state index in [-0.39, 0.29) is 0 Å². The Morgan fingerprint density at radius 1 is 0.913 bits per heavy atom. The van der Waals surface area contributed by atoms with E-state index < -0.39 is 0 Å². The molecule has 0 aromatic heterocycles. The molecule has 0 bridgehead atoms. The van der Waals surface area contributed by atoms with Crippen LogP contribution < -0.4 is 19.5 Å². The van der Waals surface area contributed by atoms with Crippen molar-refractivity contribution in [3.63, 3.8) is 0 Å². The molecule has 2 aromatic carbocycles. The van der Waals surface area contributed by atoms with Crippen LogP contribution in [-0.4, -0.2) is 20.8 Å². The van der Waals surface area contributed by atoms with Crippen molar-refractivity contribution in [2.45, 2.75) is 26.4 Å². The second-order valence-electron chi connectivity index (χ2n) is 5.25. The number of hydrogen-bond acceptors (Lipinski definition) is 4. The van der Waals surface area contributed by atoms with Crippen molar-refractivity contribution in [2.75, 3.05) is 20.8 Å². The summed E-state index contributed by atoms with van der Waals surface area (Å²) in [5, 5.41) is 3.45. The first kappa shape index (κ1) is 17.2. The molecule has 0 spiro atoms. The Hall–Kier alpha value is -2.20. The molecule has 4 heteroatoms. The zero-order valence-electron chi connectivity index (χ0n) is 14.1. The highest BCUT2D eigenvalue weighted by molar-refractivity contribution is 5.46. The van der Waals surface area contributed by atoms with E-state index >= 15 is 0 Å². The highest BCUT2D eigenvalue weighted by atomic mass is 16.5. The number of nitrogens with one attached hydrogen (secondary N) is 1. The summed E-state index contributed by atoms with van der Waals surface area (Å²) < 4.78 is 16.4. The van der Waals surface area contributed by atoms with Gasteiger partial charge in [0.05, 0.1) is 20.8 Å². The summed E-state index contributed by atoms with van der Waals surface area (Å²) in [7, 11) is 3.34. The predicted octanol–water partition coefficient (Wildman–Crippen LogP) is 3.78. The third-order valence-electron chi connectivity index (χ3n) is 3.53. The van der Waals surface area contributed by atoms with Gasteiger partial charge in [0, 0.05) is 18.7 Å². The van der Waals surface area contributed by atoms with Crippen LogP contribution in [0.1, 0.15) is 24.5 Å². The molecule has 0 atom stereocenters. The molecule has 0 heterocycles. The molecular weight excluding hydrogens is 290 g/mol. The van der Waals surface area contributed by atoms with Crippen LogP contribution in [-0.2, 0) is 13.1 Å². The third-order valence-corrected chi connectivity index (χ3v) is 3.53. The highest BCUT2D eigenvalue weighted by Gasteiger charge is 2.10. The van der Waals surface area contributed by atoms with Crippen molar-refractivity contribution in [1.29, 1.82) is 0 Å². The van der Waals surface area contributed by atoms with E-state index in [1.165, 1.54) is 5.56 Å². The lowest BCUT2D eigenvalue weighted by Gasteiger charge is -2.15. The molecule has 1 N–H and O–H groups in total. The SMILES string of the molecule is CCCOc1c(CNCc2ccc(OC)cc2)cccc1OC. The number of ether oxygens (including phenoxy) is 3. The summed E-state index contributed by atoms with van der Waals surface area (Å²) in [6, 6.07) is 14.0. The minimum absolute atomic E-state index is 0.686. The van der Waals surface area contributed by atoms with Crippen LogP contribution in [0.25, 0.3) is 0 Å². The van der Waals surface area contributed by atoms with Gasteiger partial charge in [-0.2, -0.15) is 0 Å². The molecule has 0 saturated heterocycles. The summed E-state index contributed by atoms with van der Waals surface area (Å²) in [5.74, 6) is 2.48. The maximum absolute atomic E-state index is 5.86. The van der Waals surface area contributed by atoms with Crippen LogP contribution in [0.3, 0.4) is 0 Å². The molecule has 0 aliphatic carbocycles. The Labute approximate surface area is 138 Å². The van der Waals surface area contributed by atoms with E-state index in [9.17, 15) is 0 Å². The lowest BCUT2D eigenvalue weighted by Crippen LogP contribution is -2.14. The van der Waals surface area contributed by atoms with Crippen molar-refractivity contribution in [1.82, 2.24) is 5.32 Å². The van der Waals surface area contributed by atoms with Crippen LogP contribution in [0, 0.1) is 0 Å². The standard InChI is InChI=1S/C19H25NO3/c1-4-12-23-19-16(6-5-7-18(19)22-3)14-20-13-15-8-10-17(21-2)11-9-15/h5-11,20H,4,12-14H2,1-3H3. The number of methoxy groups -OCH3 is 2. The van der Waals surface area contributed by atoms with Gasteiger partial charge in [-0.05, 0) is 30.2 Å². The Balaban J connectivity index is 1.98. The van der Waals surface area contributed by atoms with Gasteiger partial charge in [0.1, 0.15) is 5.75 Å². The first-order chi connectivity index (χ1) is 11.3. The highest BCUT2D eigenvalue weighted by Crippen LogP contribution is 2.31. The molecule has 0 fully saturated rings. The van der Waals surface area contributed by atoms with E-state index in [2.05, 4.69) is 30.4 Å². The summed E-state index contributed by atoms with van der Waals surface area (Å²) in [4.78, 5) is 0. The van der Waals surface area contributed by atoms with E-state index in [0.717, 1.165) is 42.3 Å². The van der Waals surface area contributed by atoms with Crippen LogP contribution in [0.15, 0.2) is 42.5 Å². The lowest BCUT2D eigenvalue weighted by molar-refractivity contribution is 0.290. The van der Waals surface area contributed by atoms with Gasteiger partial charge < -0.3 is 19.5 Å². The molecule has 23 heavy (non-hydrogen) atoms. The lowest BCUT2D eigenvalue weighted by atomic mass is 10.1. The molecular formula is C19H25NO3. The molecule has 0 aliphatic rings. The number of para-hydroxylation sites is 1. The van der Waals surface area contributed by atoms with Gasteiger partial charge in [-0.25, -0.2) is 0 Å². The van der Waals surface area contributed by atoms with Gasteiger partial charge in [-0.3, -0.25) is 0 Å². The van der Waals surface area contributed by atoms with Gasteiger partial charge in [0.15, 0.2) is 11.5 Å². The zero-order valence-corrected chi connectivity index (χ0v) is 14.1. The van der Waals surface area contributed by atoms with Gasteiger partial charge >= 0.3 is 0 Å². The van der Waals surface area contributed by atoms with E-state index in [0.29, 0.717) is 6.61 Å². The van der Waals surface area contributed by atoms with E-state index in [1.807, 2.05) is 24.3 Å². The first-order valence-electron chi connectivity index (χ1n) is 7.90. The molecule has 2 rings (SSSR count). The number of benzene rings is 2. The van der Waals surface area contributed by atoms with Gasteiger partial charge in [0.25, 0.3) is 0 Å². The molecule has 0 unspecified atom stereocenters. The van der Waals surface area contributed by atoms with Gasteiger partial charge in [-0.1, -0.05) is 31.2 Å². The molecule has 4 nitrogen and oxygen atoms in total. The average Bonchev–Trinajstić information content (AvgIpc) is 2.60. The van der Waals surface area contributed by atoms with Crippen molar-refractivity contribution >= 4 is 0 Å². The molecule has 0 saturated carbocycles. The maximum atomic E-state index is 5.86. The number of hydrogen-bond donors (Lipinski definition) is 1. The molecule has 0 amide bonds. The molecule has 124 valence electrons. The van der Waals surface area contributed by atoms with E-state index in [1.54, 1.807) is 14.2 Å². The fourth-order valence-electron chi connectivity index (χ4n) is 2.31. The minimum atomic E-state index is 0.686. The van der Waals surface area contributed by atoms with Crippen molar-refractivity contribution in [3.05, 3.63) is 53.6 Å². The monoisotopic (exact) mass is 315 g/mol. The van der Waals surface area contributed by atoms with Crippen molar-refractivity contribution < 1.29 is 14.2 Å². The topological polar surface area (TPSA) is 39.7 Å². The van der Waals surface area contributed by atoms with Crippen LogP contribution >= 0.6 is 0 Å². The fourth-order valence-corrected chi connectivity index (χ4v) is 2.31. The van der Waals surface area contributed by atoms with Gasteiger partial charge in [0.2, 0.25) is 0 Å². The van der Waals surface area contributed by atoms with Crippen LogP contribution in [0.5, 0.6) is 17.2 Å². The first-order valence-corrected chi connectivity index (χ1v) is 7.90. The van der Waals surface area contributed by atoms with Crippen LogP contribution in [0.2, 0.25) is 0 Å². The van der Waals surface area contributed by atoms with E-state index in [4.69, 9.17) is 14.2 Å². The summed E-state index contributed by atoms with van der Waals surface area (Å²) in [6.07, 6.45) is 0.969. The fraction of sp³-hybridized carbons (Fsp3) is 0.368. The average molecular weight is 315 g/mol. The van der Waals surface area contributed by atoms with Crippen molar-refractivity contribution in [3.8, 4) is 17.2 Å². The molecule has 0 radical (unpaired) electrons. The maximum Gasteiger partial charge on any atom is 0.165 e. The molecule has 2 aromatic rings. The van der Waals surface area contributed by atoms with Gasteiger partial charge in [-0.15, -0.1) is 0 Å². The quantitative estimate of drug-likeness (QED) is 0.764. The third kappa shape index (κ3) is 4.89. The molecule has 0 aliphatic heterocycles. The summed E-state index contributed by atoms with van der Waals surface area (Å²) in [5.41, 5.74) is 2.32. The minimum Gasteiger partial charge on any atom is -0.497 e. The van der Waals surface area contributed by atoms with Crippen molar-refractivity contribution in [2.24, 2.45) is 0 Å². The Morgan fingerprint density at radius 2 is 1.70 bits per heavy atom. The normalized spacial score (nSPS) is 10.4. The van der Waals surface area contributed by atoms with Crippen LogP contribution in [0.4, 0.5) is 0 Å². The Bertz CT molecular complexity index is 596. The summed E-state index contributed by atoms with van der Waals surface area (Å²) >= 11 is 0. The number of rotatable bonds is 9. The Morgan fingerprint density at radius 3 is 2.35 bits per heavy atom.